The molecule has 1 aromatic carbocycles. The fourth-order valence-electron chi connectivity index (χ4n) is 2.98. The summed E-state index contributed by atoms with van der Waals surface area (Å²) in [4.78, 5) is 6.37. The van der Waals surface area contributed by atoms with Crippen LogP contribution in [-0.2, 0) is 4.84 Å². The second-order valence-electron chi connectivity index (χ2n) is 6.86. The quantitative estimate of drug-likeness (QED) is 0.727. The summed E-state index contributed by atoms with van der Waals surface area (Å²) >= 11 is 0. The minimum absolute atomic E-state index is 0.0238. The van der Waals surface area contributed by atoms with E-state index in [9.17, 15) is 0 Å². The highest BCUT2D eigenvalue weighted by atomic mass is 16.7. The number of hydroxylamine groups is 2. The number of allylic oxidation sites excluding steroid dienone is 1. The Labute approximate surface area is 123 Å². The Bertz CT molecular complexity index is 462. The average molecular weight is 273 g/mol. The van der Waals surface area contributed by atoms with Crippen molar-refractivity contribution in [3.05, 3.63) is 48.0 Å². The Morgan fingerprint density at radius 2 is 1.75 bits per heavy atom. The minimum atomic E-state index is -0.0942. The molecule has 0 saturated heterocycles. The molecule has 0 bridgehead atoms. The number of hydrogen-bond donors (Lipinski definition) is 0. The van der Waals surface area contributed by atoms with Gasteiger partial charge in [-0.25, -0.2) is 0 Å². The molecular weight excluding hydrogens is 246 g/mol. The molecule has 1 aliphatic heterocycles. The van der Waals surface area contributed by atoms with Gasteiger partial charge in [-0.1, -0.05) is 42.5 Å². The van der Waals surface area contributed by atoms with Crippen molar-refractivity contribution in [2.24, 2.45) is 0 Å². The van der Waals surface area contributed by atoms with E-state index in [1.54, 1.807) is 0 Å². The first-order valence-corrected chi connectivity index (χ1v) is 7.53. The van der Waals surface area contributed by atoms with Crippen molar-refractivity contribution in [2.45, 2.75) is 64.6 Å². The molecule has 1 unspecified atom stereocenters. The molecule has 0 saturated carbocycles. The van der Waals surface area contributed by atoms with Gasteiger partial charge in [-0.15, -0.1) is 0 Å². The lowest BCUT2D eigenvalue weighted by atomic mass is 9.95. The van der Waals surface area contributed by atoms with Crippen LogP contribution < -0.4 is 0 Å². The van der Waals surface area contributed by atoms with Crippen LogP contribution in [0.25, 0.3) is 0 Å². The van der Waals surface area contributed by atoms with Gasteiger partial charge in [0.05, 0.1) is 5.54 Å². The average Bonchev–Trinajstić information content (AvgIpc) is 2.50. The summed E-state index contributed by atoms with van der Waals surface area (Å²) in [5, 5.41) is 2.18. The van der Waals surface area contributed by atoms with Gasteiger partial charge in [0.2, 0.25) is 0 Å². The predicted octanol–water partition coefficient (Wildman–Crippen LogP) is 4.89. The molecule has 1 heterocycles. The van der Waals surface area contributed by atoms with Crippen LogP contribution in [0.1, 0.15) is 59.1 Å². The highest BCUT2D eigenvalue weighted by molar-refractivity contribution is 5.17. The van der Waals surface area contributed by atoms with Gasteiger partial charge in [-0.3, -0.25) is 4.84 Å². The van der Waals surface area contributed by atoms with E-state index in [0.29, 0.717) is 0 Å². The van der Waals surface area contributed by atoms with Gasteiger partial charge in [0.25, 0.3) is 0 Å². The van der Waals surface area contributed by atoms with E-state index in [0.717, 1.165) is 12.8 Å². The predicted molar refractivity (Wildman–Crippen MR) is 84.3 cm³/mol. The standard InChI is InChI=1S/C18H27NO/c1-15(16-11-7-6-8-12-16)20-19-17(2,3)13-9-10-14-18(19,4)5/h6-9,11-13,15H,10,14H2,1-5H3. The highest BCUT2D eigenvalue weighted by Gasteiger charge is 2.39. The largest absolute Gasteiger partial charge is 0.290 e. The molecular formula is C18H27NO. The van der Waals surface area contributed by atoms with Crippen LogP contribution in [0.3, 0.4) is 0 Å². The lowest BCUT2D eigenvalue weighted by molar-refractivity contribution is -0.280. The van der Waals surface area contributed by atoms with E-state index < -0.39 is 0 Å². The molecule has 1 aliphatic rings. The topological polar surface area (TPSA) is 12.5 Å². The van der Waals surface area contributed by atoms with Crippen LogP contribution in [0.2, 0.25) is 0 Å². The second-order valence-corrected chi connectivity index (χ2v) is 6.86. The summed E-state index contributed by atoms with van der Waals surface area (Å²) in [6.45, 7) is 11.1. The maximum Gasteiger partial charge on any atom is 0.102 e. The number of nitrogens with zero attached hydrogens (tertiary/aromatic N) is 1. The lowest BCUT2D eigenvalue weighted by Gasteiger charge is -2.46. The summed E-state index contributed by atoms with van der Waals surface area (Å²) in [6.07, 6.45) is 6.81. The minimum Gasteiger partial charge on any atom is -0.290 e. The molecule has 0 aliphatic carbocycles. The van der Waals surface area contributed by atoms with Crippen LogP contribution in [0.4, 0.5) is 0 Å². The third-order valence-corrected chi connectivity index (χ3v) is 4.05. The van der Waals surface area contributed by atoms with Gasteiger partial charge >= 0.3 is 0 Å². The number of benzene rings is 1. The zero-order valence-electron chi connectivity index (χ0n) is 13.4. The SMILES string of the molecule is CC(ON1C(C)(C)C=CCCC1(C)C)c1ccccc1. The molecule has 0 radical (unpaired) electrons. The normalized spacial score (nSPS) is 23.2. The molecule has 2 rings (SSSR count). The highest BCUT2D eigenvalue weighted by Crippen LogP contribution is 2.36. The van der Waals surface area contributed by atoms with Crippen LogP contribution in [-0.4, -0.2) is 16.1 Å². The van der Waals surface area contributed by atoms with E-state index in [-0.39, 0.29) is 17.2 Å². The summed E-state index contributed by atoms with van der Waals surface area (Å²) in [5.41, 5.74) is 1.14. The van der Waals surface area contributed by atoms with Gasteiger partial charge in [0.1, 0.15) is 6.10 Å². The Balaban J connectivity index is 2.22. The molecule has 0 amide bonds. The van der Waals surface area contributed by atoms with Crippen LogP contribution >= 0.6 is 0 Å². The maximum atomic E-state index is 6.37. The maximum absolute atomic E-state index is 6.37. The molecule has 0 aromatic heterocycles. The van der Waals surface area contributed by atoms with E-state index >= 15 is 0 Å². The molecule has 0 spiro atoms. The summed E-state index contributed by atoms with van der Waals surface area (Å²) in [6, 6.07) is 10.4. The third-order valence-electron chi connectivity index (χ3n) is 4.05. The van der Waals surface area contributed by atoms with Crippen molar-refractivity contribution < 1.29 is 4.84 Å². The van der Waals surface area contributed by atoms with Gasteiger partial charge in [0.15, 0.2) is 0 Å². The Hall–Kier alpha value is -1.12. The van der Waals surface area contributed by atoms with Gasteiger partial charge < -0.3 is 0 Å². The van der Waals surface area contributed by atoms with Crippen molar-refractivity contribution >= 4 is 0 Å². The summed E-state index contributed by atoms with van der Waals surface area (Å²) in [7, 11) is 0. The molecule has 0 N–H and O–H groups in total. The Morgan fingerprint density at radius 1 is 1.10 bits per heavy atom. The Kier molecular flexibility index (Phi) is 4.36. The van der Waals surface area contributed by atoms with E-state index in [2.05, 4.69) is 76.1 Å². The summed E-state index contributed by atoms with van der Waals surface area (Å²) < 4.78 is 0. The van der Waals surface area contributed by atoms with Gasteiger partial charge in [-0.05, 0) is 53.0 Å². The molecule has 2 nitrogen and oxygen atoms in total. The molecule has 2 heteroatoms. The van der Waals surface area contributed by atoms with E-state index in [1.807, 2.05) is 6.07 Å². The fourth-order valence-corrected chi connectivity index (χ4v) is 2.98. The van der Waals surface area contributed by atoms with Gasteiger partial charge in [0, 0.05) is 5.54 Å². The first-order chi connectivity index (χ1) is 9.33. The molecule has 20 heavy (non-hydrogen) atoms. The van der Waals surface area contributed by atoms with Crippen molar-refractivity contribution in [2.75, 3.05) is 0 Å². The molecule has 110 valence electrons. The van der Waals surface area contributed by atoms with Crippen molar-refractivity contribution in [3.8, 4) is 0 Å². The third kappa shape index (κ3) is 3.31. The molecule has 0 fully saturated rings. The van der Waals surface area contributed by atoms with Crippen molar-refractivity contribution in [3.63, 3.8) is 0 Å². The van der Waals surface area contributed by atoms with E-state index in [1.165, 1.54) is 5.56 Å². The zero-order valence-corrected chi connectivity index (χ0v) is 13.4. The monoisotopic (exact) mass is 273 g/mol. The number of rotatable bonds is 3. The first kappa shape index (κ1) is 15.3. The second kappa shape index (κ2) is 5.71. The first-order valence-electron chi connectivity index (χ1n) is 7.53. The van der Waals surface area contributed by atoms with Gasteiger partial charge in [-0.2, -0.15) is 5.06 Å². The van der Waals surface area contributed by atoms with Crippen LogP contribution in [0.15, 0.2) is 42.5 Å². The number of hydrogen-bond acceptors (Lipinski definition) is 2. The zero-order chi connectivity index (χ0) is 14.8. The summed E-state index contributed by atoms with van der Waals surface area (Å²) in [5.74, 6) is 0. The molecule has 1 aromatic rings. The Morgan fingerprint density at radius 3 is 2.40 bits per heavy atom. The lowest BCUT2D eigenvalue weighted by Crippen LogP contribution is -2.53. The van der Waals surface area contributed by atoms with Crippen LogP contribution in [0, 0.1) is 0 Å². The van der Waals surface area contributed by atoms with Crippen molar-refractivity contribution in [1.82, 2.24) is 5.06 Å². The molecule has 1 atom stereocenters. The van der Waals surface area contributed by atoms with Crippen LogP contribution in [0.5, 0.6) is 0 Å². The van der Waals surface area contributed by atoms with Crippen molar-refractivity contribution in [1.29, 1.82) is 0 Å². The smallest absolute Gasteiger partial charge is 0.102 e. The fraction of sp³-hybridized carbons (Fsp3) is 0.556. The van der Waals surface area contributed by atoms with E-state index in [4.69, 9.17) is 4.84 Å².